The molecule has 0 aliphatic carbocycles. The van der Waals surface area contributed by atoms with Crippen LogP contribution < -0.4 is 5.32 Å². The quantitative estimate of drug-likeness (QED) is 0.774. The Morgan fingerprint density at radius 1 is 1.65 bits per heavy atom. The van der Waals surface area contributed by atoms with E-state index in [-0.39, 0.29) is 0 Å². The molecule has 2 rings (SSSR count). The van der Waals surface area contributed by atoms with Gasteiger partial charge in [-0.15, -0.1) is 0 Å². The third kappa shape index (κ3) is 3.80. The number of nitrogens with zero attached hydrogens (tertiary/aromatic N) is 2. The predicted octanol–water partition coefficient (Wildman–Crippen LogP) is 0.259. The molecule has 0 spiro atoms. The van der Waals surface area contributed by atoms with Gasteiger partial charge in [0, 0.05) is 31.6 Å². The van der Waals surface area contributed by atoms with Crippen LogP contribution in [0.2, 0.25) is 0 Å². The first kappa shape index (κ1) is 12.5. The topological polar surface area (TPSA) is 59.3 Å². The Kier molecular flexibility index (Phi) is 4.53. The molecule has 17 heavy (non-hydrogen) atoms. The Labute approximate surface area is 102 Å². The smallest absolute Gasteiger partial charge is 0.0860 e. The normalized spacial score (nSPS) is 26.9. The summed E-state index contributed by atoms with van der Waals surface area (Å²) in [5.41, 5.74) is 0. The van der Waals surface area contributed by atoms with Crippen molar-refractivity contribution < 1.29 is 9.84 Å². The number of aliphatic hydroxyl groups is 1. The monoisotopic (exact) mass is 239 g/mol. The van der Waals surface area contributed by atoms with Crippen LogP contribution in [0.5, 0.6) is 0 Å². The van der Waals surface area contributed by atoms with E-state index in [0.717, 1.165) is 19.6 Å². The van der Waals surface area contributed by atoms with Gasteiger partial charge in [0.2, 0.25) is 0 Å². The van der Waals surface area contributed by atoms with E-state index in [2.05, 4.69) is 17.3 Å². The number of hydrogen-bond donors (Lipinski definition) is 2. The van der Waals surface area contributed by atoms with Crippen molar-refractivity contribution in [2.24, 2.45) is 5.92 Å². The Balaban J connectivity index is 1.70. The molecule has 1 aromatic heterocycles. The number of ether oxygens (including phenoxy) is 1. The minimum absolute atomic E-state index is 0.398. The molecular formula is C12H21N3O2. The van der Waals surface area contributed by atoms with Gasteiger partial charge in [-0.2, -0.15) is 5.10 Å². The van der Waals surface area contributed by atoms with Gasteiger partial charge in [-0.3, -0.25) is 4.68 Å². The second-order valence-corrected chi connectivity index (χ2v) is 4.74. The van der Waals surface area contributed by atoms with E-state index in [0.29, 0.717) is 25.0 Å². The summed E-state index contributed by atoms with van der Waals surface area (Å²) in [5, 5.41) is 17.4. The third-order valence-electron chi connectivity index (χ3n) is 3.21. The number of aromatic nitrogens is 2. The molecule has 0 radical (unpaired) electrons. The van der Waals surface area contributed by atoms with Crippen LogP contribution in [0.4, 0.5) is 0 Å². The maximum absolute atomic E-state index is 9.88. The largest absolute Gasteiger partial charge is 0.390 e. The summed E-state index contributed by atoms with van der Waals surface area (Å²) < 4.78 is 7.14. The average Bonchev–Trinajstić information content (AvgIpc) is 2.81. The zero-order chi connectivity index (χ0) is 12.1. The molecule has 96 valence electrons. The summed E-state index contributed by atoms with van der Waals surface area (Å²) in [6.45, 7) is 4.95. The van der Waals surface area contributed by atoms with Crippen molar-refractivity contribution in [2.75, 3.05) is 19.8 Å². The van der Waals surface area contributed by atoms with E-state index in [4.69, 9.17) is 4.74 Å². The van der Waals surface area contributed by atoms with Gasteiger partial charge in [-0.05, 0) is 18.4 Å². The molecular weight excluding hydrogens is 218 g/mol. The van der Waals surface area contributed by atoms with Crippen LogP contribution >= 0.6 is 0 Å². The van der Waals surface area contributed by atoms with Crippen LogP contribution in [-0.2, 0) is 11.3 Å². The summed E-state index contributed by atoms with van der Waals surface area (Å²) in [6, 6.07) is 2.32. The molecule has 0 saturated carbocycles. The molecule has 0 aromatic carbocycles. The van der Waals surface area contributed by atoms with Crippen molar-refractivity contribution >= 4 is 0 Å². The van der Waals surface area contributed by atoms with Crippen LogP contribution in [0.25, 0.3) is 0 Å². The molecule has 2 N–H and O–H groups in total. The number of hydrogen-bond acceptors (Lipinski definition) is 4. The van der Waals surface area contributed by atoms with Gasteiger partial charge in [-0.25, -0.2) is 0 Å². The third-order valence-corrected chi connectivity index (χ3v) is 3.21. The highest BCUT2D eigenvalue weighted by Crippen LogP contribution is 2.13. The Bertz CT molecular complexity index is 316. The highest BCUT2D eigenvalue weighted by molar-refractivity contribution is 4.80. The lowest BCUT2D eigenvalue weighted by atomic mass is 9.98. The summed E-state index contributed by atoms with van der Waals surface area (Å²) in [4.78, 5) is 0. The van der Waals surface area contributed by atoms with Crippen molar-refractivity contribution in [3.63, 3.8) is 0 Å². The number of rotatable bonds is 5. The maximum Gasteiger partial charge on any atom is 0.0860 e. The standard InChI is InChI=1S/C12H21N3O2/c1-10-9-17-6-3-12(10)13-7-11(16)8-15-5-2-4-14-15/h2,4-5,10-13,16H,3,6-9H2,1H3. The van der Waals surface area contributed by atoms with Crippen molar-refractivity contribution in [3.8, 4) is 0 Å². The SMILES string of the molecule is CC1COCCC1NCC(O)Cn1cccn1. The second kappa shape index (κ2) is 6.14. The first-order valence-corrected chi connectivity index (χ1v) is 6.22. The highest BCUT2D eigenvalue weighted by atomic mass is 16.5. The zero-order valence-corrected chi connectivity index (χ0v) is 10.2. The van der Waals surface area contributed by atoms with Crippen molar-refractivity contribution in [1.29, 1.82) is 0 Å². The molecule has 5 nitrogen and oxygen atoms in total. The summed E-state index contributed by atoms with van der Waals surface area (Å²) in [5.74, 6) is 0.514. The molecule has 5 heteroatoms. The molecule has 3 atom stereocenters. The zero-order valence-electron chi connectivity index (χ0n) is 10.2. The lowest BCUT2D eigenvalue weighted by Gasteiger charge is -2.30. The van der Waals surface area contributed by atoms with E-state index >= 15 is 0 Å². The molecule has 1 fully saturated rings. The first-order valence-electron chi connectivity index (χ1n) is 6.22. The van der Waals surface area contributed by atoms with Gasteiger partial charge >= 0.3 is 0 Å². The lowest BCUT2D eigenvalue weighted by Crippen LogP contribution is -2.45. The molecule has 1 aliphatic heterocycles. The fourth-order valence-electron chi connectivity index (χ4n) is 2.16. The Hall–Kier alpha value is -0.910. The van der Waals surface area contributed by atoms with E-state index in [1.807, 2.05) is 12.3 Å². The van der Waals surface area contributed by atoms with Crippen molar-refractivity contribution in [2.45, 2.75) is 32.0 Å². The fraction of sp³-hybridized carbons (Fsp3) is 0.750. The molecule has 1 aromatic rings. The van der Waals surface area contributed by atoms with Crippen LogP contribution in [0.15, 0.2) is 18.5 Å². The molecule has 0 bridgehead atoms. The van der Waals surface area contributed by atoms with Crippen LogP contribution in [0, 0.1) is 5.92 Å². The summed E-state index contributed by atoms with van der Waals surface area (Å²) in [7, 11) is 0. The van der Waals surface area contributed by atoms with Gasteiger partial charge in [-0.1, -0.05) is 6.92 Å². The Morgan fingerprint density at radius 3 is 3.24 bits per heavy atom. The van der Waals surface area contributed by atoms with Gasteiger partial charge < -0.3 is 15.2 Å². The van der Waals surface area contributed by atoms with Crippen molar-refractivity contribution in [1.82, 2.24) is 15.1 Å². The van der Waals surface area contributed by atoms with Gasteiger partial charge in [0.05, 0.1) is 19.3 Å². The summed E-state index contributed by atoms with van der Waals surface area (Å²) in [6.07, 6.45) is 4.21. The van der Waals surface area contributed by atoms with E-state index < -0.39 is 6.10 Å². The van der Waals surface area contributed by atoms with E-state index in [1.54, 1.807) is 10.9 Å². The number of nitrogens with one attached hydrogen (secondary N) is 1. The minimum atomic E-state index is -0.398. The highest BCUT2D eigenvalue weighted by Gasteiger charge is 2.21. The maximum atomic E-state index is 9.88. The minimum Gasteiger partial charge on any atom is -0.390 e. The van der Waals surface area contributed by atoms with Gasteiger partial charge in [0.1, 0.15) is 0 Å². The van der Waals surface area contributed by atoms with Crippen molar-refractivity contribution in [3.05, 3.63) is 18.5 Å². The molecule has 1 saturated heterocycles. The van der Waals surface area contributed by atoms with Crippen LogP contribution in [0.3, 0.4) is 0 Å². The number of aliphatic hydroxyl groups excluding tert-OH is 1. The van der Waals surface area contributed by atoms with Gasteiger partial charge in [0.15, 0.2) is 0 Å². The van der Waals surface area contributed by atoms with Crippen LogP contribution in [-0.4, -0.2) is 46.8 Å². The molecule has 1 aliphatic rings. The predicted molar refractivity (Wildman–Crippen MR) is 64.6 cm³/mol. The van der Waals surface area contributed by atoms with E-state index in [1.165, 1.54) is 0 Å². The lowest BCUT2D eigenvalue weighted by molar-refractivity contribution is 0.0338. The fourth-order valence-corrected chi connectivity index (χ4v) is 2.16. The average molecular weight is 239 g/mol. The van der Waals surface area contributed by atoms with E-state index in [9.17, 15) is 5.11 Å². The second-order valence-electron chi connectivity index (χ2n) is 4.74. The van der Waals surface area contributed by atoms with Crippen LogP contribution in [0.1, 0.15) is 13.3 Å². The molecule has 0 amide bonds. The molecule has 3 unspecified atom stereocenters. The van der Waals surface area contributed by atoms with Gasteiger partial charge in [0.25, 0.3) is 0 Å². The molecule has 2 heterocycles. The Morgan fingerprint density at radius 2 is 2.53 bits per heavy atom. The first-order chi connectivity index (χ1) is 8.25. The summed E-state index contributed by atoms with van der Waals surface area (Å²) >= 11 is 0.